The van der Waals surface area contributed by atoms with Crippen LogP contribution in [0.2, 0.25) is 0 Å². The van der Waals surface area contributed by atoms with Gasteiger partial charge in [0.2, 0.25) is 12.6 Å². The van der Waals surface area contributed by atoms with Crippen LogP contribution in [-0.2, 0) is 6.54 Å². The highest BCUT2D eigenvalue weighted by Crippen LogP contribution is 2.39. The average Bonchev–Trinajstić information content (AvgIpc) is 3.57. The van der Waals surface area contributed by atoms with E-state index >= 15 is 0 Å². The number of hydrogen-bond donors (Lipinski definition) is 1. The van der Waals surface area contributed by atoms with Crippen LogP contribution in [0.4, 0.5) is 9.18 Å². The monoisotopic (exact) mass is 498 g/mol. The number of allylic oxidation sites excluding steroid dienone is 1. The summed E-state index contributed by atoms with van der Waals surface area (Å²) < 4.78 is 30.3. The standard InChI is InChI=1S/C28H23FN4O4/c1-16-5-3-4-6-20(16)14-33-17(2)24(25(30-28(33)34)18-7-10-21(29)11-8-18)27-31-26(32-37-27)19-9-12-22-23(13-19)36-15-35-22/h3-13,25H,14-15H2,1-2H3,(H,30,34). The van der Waals surface area contributed by atoms with Crippen LogP contribution in [0.25, 0.3) is 17.0 Å². The number of nitrogens with zero attached hydrogens (tertiary/aromatic N) is 3. The van der Waals surface area contributed by atoms with Crippen molar-refractivity contribution in [3.63, 3.8) is 0 Å². The molecule has 2 aliphatic rings. The third-order valence-corrected chi connectivity index (χ3v) is 6.68. The molecule has 0 radical (unpaired) electrons. The first-order valence-corrected chi connectivity index (χ1v) is 11.8. The summed E-state index contributed by atoms with van der Waals surface area (Å²) in [7, 11) is 0. The Bertz CT molecular complexity index is 1530. The predicted octanol–water partition coefficient (Wildman–Crippen LogP) is 5.61. The molecule has 8 nitrogen and oxygen atoms in total. The van der Waals surface area contributed by atoms with Crippen molar-refractivity contribution in [2.45, 2.75) is 26.4 Å². The van der Waals surface area contributed by atoms with Gasteiger partial charge in [-0.2, -0.15) is 4.98 Å². The summed E-state index contributed by atoms with van der Waals surface area (Å²) >= 11 is 0. The lowest BCUT2D eigenvalue weighted by molar-refractivity contribution is 0.174. The third-order valence-electron chi connectivity index (χ3n) is 6.68. The molecule has 4 aromatic rings. The summed E-state index contributed by atoms with van der Waals surface area (Å²) in [5.74, 6) is 1.53. The summed E-state index contributed by atoms with van der Waals surface area (Å²) in [6.45, 7) is 4.40. The Morgan fingerprint density at radius 1 is 1.03 bits per heavy atom. The number of hydrogen-bond acceptors (Lipinski definition) is 6. The van der Waals surface area contributed by atoms with Crippen LogP contribution in [0.1, 0.15) is 35.5 Å². The Labute approximate surface area is 212 Å². The van der Waals surface area contributed by atoms with Crippen molar-refractivity contribution in [2.24, 2.45) is 0 Å². The molecule has 3 heterocycles. The van der Waals surface area contributed by atoms with Crippen LogP contribution >= 0.6 is 0 Å². The molecule has 3 aromatic carbocycles. The number of benzene rings is 3. The minimum absolute atomic E-state index is 0.165. The van der Waals surface area contributed by atoms with E-state index in [-0.39, 0.29) is 24.5 Å². The normalized spacial score (nSPS) is 16.8. The van der Waals surface area contributed by atoms with Crippen LogP contribution in [0.3, 0.4) is 0 Å². The van der Waals surface area contributed by atoms with Gasteiger partial charge in [-0.3, -0.25) is 4.90 Å². The maximum Gasteiger partial charge on any atom is 0.322 e. The SMILES string of the molecule is CC1=C(c2nc(-c3ccc4c(c3)OCO4)no2)C(c2ccc(F)cc2)NC(=O)N1Cc1ccccc1C. The largest absolute Gasteiger partial charge is 0.454 e. The molecule has 6 rings (SSSR count). The molecule has 2 aliphatic heterocycles. The minimum Gasteiger partial charge on any atom is -0.454 e. The van der Waals surface area contributed by atoms with Gasteiger partial charge in [0.25, 0.3) is 5.89 Å². The fourth-order valence-electron chi connectivity index (χ4n) is 4.60. The number of carbonyl (C=O) groups excluding carboxylic acids is 1. The van der Waals surface area contributed by atoms with Crippen LogP contribution in [-0.4, -0.2) is 27.9 Å². The van der Waals surface area contributed by atoms with Gasteiger partial charge in [-0.05, 0) is 60.9 Å². The fraction of sp³-hybridized carbons (Fsp3) is 0.179. The molecule has 1 N–H and O–H groups in total. The Hall–Kier alpha value is -4.66. The lowest BCUT2D eigenvalue weighted by Gasteiger charge is -2.35. The molecule has 2 amide bonds. The van der Waals surface area contributed by atoms with Crippen molar-refractivity contribution >= 4 is 11.6 Å². The molecular formula is C28H23FN4O4. The number of urea groups is 1. The number of amides is 2. The molecule has 0 fully saturated rings. The van der Waals surface area contributed by atoms with Gasteiger partial charge in [0, 0.05) is 11.3 Å². The summed E-state index contributed by atoms with van der Waals surface area (Å²) in [5, 5.41) is 7.24. The second-order valence-corrected chi connectivity index (χ2v) is 8.94. The highest BCUT2D eigenvalue weighted by atomic mass is 19.1. The number of rotatable bonds is 5. The Morgan fingerprint density at radius 2 is 1.81 bits per heavy atom. The molecule has 186 valence electrons. The lowest BCUT2D eigenvalue weighted by atomic mass is 9.94. The van der Waals surface area contributed by atoms with E-state index in [1.807, 2.05) is 44.2 Å². The van der Waals surface area contributed by atoms with Gasteiger partial charge in [0.05, 0.1) is 18.2 Å². The smallest absolute Gasteiger partial charge is 0.322 e. The lowest BCUT2D eigenvalue weighted by Crippen LogP contribution is -2.45. The van der Waals surface area contributed by atoms with Gasteiger partial charge in [-0.1, -0.05) is 41.6 Å². The van der Waals surface area contributed by atoms with E-state index in [4.69, 9.17) is 14.0 Å². The van der Waals surface area contributed by atoms with Crippen molar-refractivity contribution in [3.8, 4) is 22.9 Å². The average molecular weight is 499 g/mol. The molecule has 0 aliphatic carbocycles. The van der Waals surface area contributed by atoms with E-state index < -0.39 is 6.04 Å². The first kappa shape index (κ1) is 22.8. The van der Waals surface area contributed by atoms with Gasteiger partial charge in [-0.25, -0.2) is 9.18 Å². The number of nitrogens with one attached hydrogen (secondary N) is 1. The first-order valence-electron chi connectivity index (χ1n) is 11.8. The summed E-state index contributed by atoms with van der Waals surface area (Å²) in [5.41, 5.74) is 4.80. The Kier molecular flexibility index (Phi) is 5.60. The number of halogens is 1. The minimum atomic E-state index is -0.605. The molecule has 0 saturated heterocycles. The van der Waals surface area contributed by atoms with E-state index in [9.17, 15) is 9.18 Å². The maximum atomic E-state index is 13.7. The highest BCUT2D eigenvalue weighted by molar-refractivity contribution is 5.87. The Balaban J connectivity index is 1.43. The molecule has 9 heteroatoms. The zero-order valence-corrected chi connectivity index (χ0v) is 20.2. The van der Waals surface area contributed by atoms with E-state index in [1.54, 1.807) is 29.2 Å². The first-order chi connectivity index (χ1) is 18.0. The molecule has 0 bridgehead atoms. The fourth-order valence-corrected chi connectivity index (χ4v) is 4.60. The molecule has 37 heavy (non-hydrogen) atoms. The van der Waals surface area contributed by atoms with Gasteiger partial charge in [0.15, 0.2) is 11.5 Å². The van der Waals surface area contributed by atoms with E-state index in [0.29, 0.717) is 46.3 Å². The molecular weight excluding hydrogens is 475 g/mol. The second kappa shape index (κ2) is 9.09. The quantitative estimate of drug-likeness (QED) is 0.385. The van der Waals surface area contributed by atoms with Gasteiger partial charge in [0.1, 0.15) is 5.82 Å². The zero-order valence-electron chi connectivity index (χ0n) is 20.2. The van der Waals surface area contributed by atoms with Crippen LogP contribution in [0, 0.1) is 12.7 Å². The maximum absolute atomic E-state index is 13.7. The molecule has 1 aromatic heterocycles. The second-order valence-electron chi connectivity index (χ2n) is 8.94. The van der Waals surface area contributed by atoms with E-state index in [1.165, 1.54) is 12.1 Å². The summed E-state index contributed by atoms with van der Waals surface area (Å²) in [6, 6.07) is 18.5. The third kappa shape index (κ3) is 4.18. The van der Waals surface area contributed by atoms with E-state index in [0.717, 1.165) is 11.1 Å². The van der Waals surface area contributed by atoms with Crippen molar-refractivity contribution < 1.29 is 23.2 Å². The molecule has 1 atom stereocenters. The van der Waals surface area contributed by atoms with Crippen molar-refractivity contribution in [2.75, 3.05) is 6.79 Å². The van der Waals surface area contributed by atoms with Crippen molar-refractivity contribution in [1.29, 1.82) is 0 Å². The molecule has 1 unspecified atom stereocenters. The van der Waals surface area contributed by atoms with Crippen LogP contribution < -0.4 is 14.8 Å². The molecule has 0 saturated carbocycles. The summed E-state index contributed by atoms with van der Waals surface area (Å²) in [6.07, 6.45) is 0. The summed E-state index contributed by atoms with van der Waals surface area (Å²) in [4.78, 5) is 19.6. The van der Waals surface area contributed by atoms with Crippen LogP contribution in [0.5, 0.6) is 11.5 Å². The van der Waals surface area contributed by atoms with Crippen molar-refractivity contribution in [1.82, 2.24) is 20.4 Å². The predicted molar refractivity (Wildman–Crippen MR) is 133 cm³/mol. The topological polar surface area (TPSA) is 89.7 Å². The van der Waals surface area contributed by atoms with Crippen molar-refractivity contribution in [3.05, 3.63) is 101 Å². The Morgan fingerprint density at radius 3 is 2.62 bits per heavy atom. The number of ether oxygens (including phenoxy) is 2. The van der Waals surface area contributed by atoms with Crippen LogP contribution in [0.15, 0.2) is 77.0 Å². The van der Waals surface area contributed by atoms with E-state index in [2.05, 4.69) is 15.5 Å². The van der Waals surface area contributed by atoms with Gasteiger partial charge < -0.3 is 19.3 Å². The number of aromatic nitrogens is 2. The number of fused-ring (bicyclic) bond motifs is 1. The molecule has 0 spiro atoms. The van der Waals surface area contributed by atoms with Gasteiger partial charge in [-0.15, -0.1) is 0 Å². The highest BCUT2D eigenvalue weighted by Gasteiger charge is 2.36. The number of carbonyl (C=O) groups is 1. The zero-order chi connectivity index (χ0) is 25.5. The van der Waals surface area contributed by atoms with Gasteiger partial charge >= 0.3 is 6.03 Å². The number of aryl methyl sites for hydroxylation is 1.